The van der Waals surface area contributed by atoms with E-state index in [0.29, 0.717) is 0 Å². The largest absolute Gasteiger partial charge is 0.0922 e. The second kappa shape index (κ2) is 5.56. The molecule has 0 spiro atoms. The molecule has 0 saturated carbocycles. The van der Waals surface area contributed by atoms with Crippen molar-refractivity contribution in [2.45, 2.75) is 26.7 Å². The number of hydrogen-bond donors (Lipinski definition) is 0. The molecule has 0 N–H and O–H groups in total. The Kier molecular flexibility index (Phi) is 4.95. The van der Waals surface area contributed by atoms with Crippen molar-refractivity contribution >= 4 is 39.1 Å². The zero-order valence-corrected chi connectivity index (χ0v) is 12.1. The summed E-state index contributed by atoms with van der Waals surface area (Å²) in [5.74, 6) is 0. The summed E-state index contributed by atoms with van der Waals surface area (Å²) < 4.78 is 0. The van der Waals surface area contributed by atoms with Crippen LogP contribution in [0.3, 0.4) is 0 Å². The summed E-state index contributed by atoms with van der Waals surface area (Å²) in [5, 5.41) is 2.53. The third-order valence-corrected chi connectivity index (χ3v) is 4.76. The fourth-order valence-electron chi connectivity index (χ4n) is 1.41. The lowest BCUT2D eigenvalue weighted by atomic mass is 9.83. The molecule has 0 aromatic heterocycles. The molecule has 1 rings (SSSR count). The van der Waals surface area contributed by atoms with Crippen LogP contribution in [0, 0.1) is 5.41 Å². The maximum atomic E-state index is 6.14. The third-order valence-electron chi connectivity index (χ3n) is 2.80. The zero-order valence-electron chi connectivity index (χ0n) is 8.99. The van der Waals surface area contributed by atoms with Crippen molar-refractivity contribution in [3.05, 3.63) is 33.8 Å². The fraction of sp³-hybridized carbons (Fsp3) is 0.500. The molecule has 0 aliphatic heterocycles. The average molecular weight is 310 g/mol. The van der Waals surface area contributed by atoms with E-state index in [4.69, 9.17) is 23.2 Å². The Morgan fingerprint density at radius 2 is 2.00 bits per heavy atom. The minimum Gasteiger partial charge on any atom is -0.0922 e. The molecule has 0 aliphatic carbocycles. The van der Waals surface area contributed by atoms with Crippen LogP contribution in [0.15, 0.2) is 18.2 Å². The van der Waals surface area contributed by atoms with Crippen molar-refractivity contribution in [1.29, 1.82) is 0 Å². The molecule has 1 aromatic carbocycles. The van der Waals surface area contributed by atoms with E-state index in [-0.39, 0.29) is 5.41 Å². The first kappa shape index (κ1) is 13.3. The summed E-state index contributed by atoms with van der Waals surface area (Å²) in [6, 6.07) is 5.65. The molecule has 0 saturated heterocycles. The van der Waals surface area contributed by atoms with Gasteiger partial charge in [-0.3, -0.25) is 0 Å². The highest BCUT2D eigenvalue weighted by Gasteiger charge is 2.22. The highest BCUT2D eigenvalue weighted by molar-refractivity contribution is 9.09. The van der Waals surface area contributed by atoms with Crippen molar-refractivity contribution in [3.8, 4) is 0 Å². The number of benzene rings is 1. The number of alkyl halides is 1. The third kappa shape index (κ3) is 3.65. The van der Waals surface area contributed by atoms with Crippen LogP contribution >= 0.6 is 39.1 Å². The van der Waals surface area contributed by atoms with Crippen LogP contribution in [-0.2, 0) is 6.42 Å². The van der Waals surface area contributed by atoms with Crippen molar-refractivity contribution in [3.63, 3.8) is 0 Å². The van der Waals surface area contributed by atoms with Gasteiger partial charge in [0.25, 0.3) is 0 Å². The monoisotopic (exact) mass is 308 g/mol. The second-order valence-corrected chi connectivity index (χ2v) is 5.61. The van der Waals surface area contributed by atoms with E-state index in [2.05, 4.69) is 29.8 Å². The Labute approximate surface area is 110 Å². The average Bonchev–Trinajstić information content (AvgIpc) is 2.23. The molecule has 84 valence electrons. The van der Waals surface area contributed by atoms with Crippen LogP contribution in [0.4, 0.5) is 0 Å². The van der Waals surface area contributed by atoms with Gasteiger partial charge in [0.2, 0.25) is 0 Å². The van der Waals surface area contributed by atoms with Crippen LogP contribution in [0.25, 0.3) is 0 Å². The van der Waals surface area contributed by atoms with Crippen molar-refractivity contribution < 1.29 is 0 Å². The Hall–Kier alpha value is 0.280. The minimum absolute atomic E-state index is 0.244. The molecule has 0 heterocycles. The summed E-state index contributed by atoms with van der Waals surface area (Å²) >= 11 is 15.7. The van der Waals surface area contributed by atoms with Gasteiger partial charge in [-0.25, -0.2) is 0 Å². The topological polar surface area (TPSA) is 0 Å². The van der Waals surface area contributed by atoms with Crippen LogP contribution < -0.4 is 0 Å². The molecule has 1 atom stereocenters. The summed E-state index contributed by atoms with van der Waals surface area (Å²) in [6.07, 6.45) is 2.06. The first-order chi connectivity index (χ1) is 7.00. The Morgan fingerprint density at radius 3 is 2.53 bits per heavy atom. The SMILES string of the molecule is CCC(C)(CBr)Cc1cc(Cl)ccc1Cl. The van der Waals surface area contributed by atoms with Gasteiger partial charge in [0.05, 0.1) is 0 Å². The van der Waals surface area contributed by atoms with E-state index in [1.807, 2.05) is 18.2 Å². The smallest absolute Gasteiger partial charge is 0.0439 e. The quantitative estimate of drug-likeness (QED) is 0.658. The molecule has 0 fully saturated rings. The second-order valence-electron chi connectivity index (χ2n) is 4.21. The van der Waals surface area contributed by atoms with Crippen LogP contribution in [0.1, 0.15) is 25.8 Å². The van der Waals surface area contributed by atoms with Crippen LogP contribution in [0.5, 0.6) is 0 Å². The predicted molar refractivity (Wildman–Crippen MR) is 72.4 cm³/mol. The van der Waals surface area contributed by atoms with Crippen LogP contribution in [-0.4, -0.2) is 5.33 Å². The molecule has 1 unspecified atom stereocenters. The van der Waals surface area contributed by atoms with Gasteiger partial charge in [-0.2, -0.15) is 0 Å². The molecule has 15 heavy (non-hydrogen) atoms. The Morgan fingerprint density at radius 1 is 1.33 bits per heavy atom. The van der Waals surface area contributed by atoms with Crippen molar-refractivity contribution in [2.75, 3.05) is 5.33 Å². The molecule has 0 radical (unpaired) electrons. The lowest BCUT2D eigenvalue weighted by Crippen LogP contribution is -2.20. The van der Waals surface area contributed by atoms with Gasteiger partial charge in [-0.1, -0.05) is 53.0 Å². The number of rotatable bonds is 4. The van der Waals surface area contributed by atoms with Gasteiger partial charge in [-0.15, -0.1) is 0 Å². The maximum absolute atomic E-state index is 6.14. The van der Waals surface area contributed by atoms with E-state index in [1.54, 1.807) is 0 Å². The number of hydrogen-bond acceptors (Lipinski definition) is 0. The maximum Gasteiger partial charge on any atom is 0.0439 e. The van der Waals surface area contributed by atoms with Crippen LogP contribution in [0.2, 0.25) is 10.0 Å². The molecule has 0 amide bonds. The van der Waals surface area contributed by atoms with Gasteiger partial charge in [0, 0.05) is 15.4 Å². The molecule has 1 aromatic rings. The van der Waals surface area contributed by atoms with E-state index >= 15 is 0 Å². The molecular weight excluding hydrogens is 295 g/mol. The minimum atomic E-state index is 0.244. The predicted octanol–water partition coefficient (Wildman–Crippen LogP) is 5.35. The Balaban J connectivity index is 2.92. The number of halogens is 3. The first-order valence-corrected chi connectivity index (χ1v) is 6.88. The lowest BCUT2D eigenvalue weighted by Gasteiger charge is -2.26. The lowest BCUT2D eigenvalue weighted by molar-refractivity contribution is 0.361. The highest BCUT2D eigenvalue weighted by atomic mass is 79.9. The van der Waals surface area contributed by atoms with Crippen molar-refractivity contribution in [2.24, 2.45) is 5.41 Å². The van der Waals surface area contributed by atoms with Gasteiger partial charge in [0.1, 0.15) is 0 Å². The summed E-state index contributed by atoms with van der Waals surface area (Å²) in [6.45, 7) is 4.44. The van der Waals surface area contributed by atoms with E-state index in [0.717, 1.165) is 33.8 Å². The van der Waals surface area contributed by atoms with Gasteiger partial charge >= 0.3 is 0 Å². The molecule has 0 bridgehead atoms. The summed E-state index contributed by atoms with van der Waals surface area (Å²) in [4.78, 5) is 0. The van der Waals surface area contributed by atoms with E-state index in [1.165, 1.54) is 0 Å². The van der Waals surface area contributed by atoms with Gasteiger partial charge in [-0.05, 0) is 42.0 Å². The first-order valence-electron chi connectivity index (χ1n) is 5.00. The van der Waals surface area contributed by atoms with Gasteiger partial charge < -0.3 is 0 Å². The van der Waals surface area contributed by atoms with Crippen molar-refractivity contribution in [1.82, 2.24) is 0 Å². The fourth-order valence-corrected chi connectivity index (χ4v) is 2.38. The van der Waals surface area contributed by atoms with Gasteiger partial charge in [0.15, 0.2) is 0 Å². The molecule has 0 aliphatic rings. The van der Waals surface area contributed by atoms with E-state index < -0.39 is 0 Å². The summed E-state index contributed by atoms with van der Waals surface area (Å²) in [5.41, 5.74) is 1.38. The summed E-state index contributed by atoms with van der Waals surface area (Å²) in [7, 11) is 0. The normalized spacial score (nSPS) is 15.0. The molecule has 0 nitrogen and oxygen atoms in total. The molecule has 3 heteroatoms. The standard InChI is InChI=1S/C12H15BrCl2/c1-3-12(2,8-13)7-9-6-10(14)4-5-11(9)15/h4-6H,3,7-8H2,1-2H3. The zero-order chi connectivity index (χ0) is 11.5. The van der Waals surface area contributed by atoms with E-state index in [9.17, 15) is 0 Å². The highest BCUT2D eigenvalue weighted by Crippen LogP contribution is 2.32. The molecular formula is C12H15BrCl2. The Bertz CT molecular complexity index is 332.